The zero-order valence-corrected chi connectivity index (χ0v) is 21.8. The van der Waals surface area contributed by atoms with Gasteiger partial charge in [-0.3, -0.25) is 18.6 Å². The molecule has 8 atom stereocenters. The summed E-state index contributed by atoms with van der Waals surface area (Å²) in [5.41, 5.74) is -3.26. The van der Waals surface area contributed by atoms with Gasteiger partial charge < -0.3 is 4.84 Å². The van der Waals surface area contributed by atoms with Gasteiger partial charge in [0, 0.05) is 16.7 Å². The van der Waals surface area contributed by atoms with E-state index in [0.29, 0.717) is 12.8 Å². The first-order chi connectivity index (χ1) is 17.0. The van der Waals surface area contributed by atoms with Crippen molar-refractivity contribution < 1.29 is 42.0 Å². The standard InChI is InChI=1S/C23H30N2O11S/c1-13-9-15-16-6-8-23(36-25(30)31,19(27)12-34-37(4,32)33)22(16,3)11-18(35-24(28)29)20(15)21(2)7-5-14(26)10-17(13)21/h5,7,10,13,15-16,18,20H,6,8-9,11-12H2,1-4H3/t13?,15-,16-,18?,20+,21-,22-,23-/m0/s1. The van der Waals surface area contributed by atoms with Crippen molar-refractivity contribution in [2.75, 3.05) is 12.9 Å². The van der Waals surface area contributed by atoms with Crippen LogP contribution in [0.25, 0.3) is 0 Å². The highest BCUT2D eigenvalue weighted by Crippen LogP contribution is 2.69. The van der Waals surface area contributed by atoms with E-state index in [-0.39, 0.29) is 36.4 Å². The van der Waals surface area contributed by atoms with Gasteiger partial charge in [-0.05, 0) is 55.6 Å². The summed E-state index contributed by atoms with van der Waals surface area (Å²) in [5, 5.41) is 21.2. The molecule has 0 N–H and O–H groups in total. The molecule has 204 valence electrons. The Bertz CT molecular complexity index is 1210. The van der Waals surface area contributed by atoms with Gasteiger partial charge >= 0.3 is 0 Å². The SMILES string of the molecule is CC1C[C@@H]2[C@H](C(O[N+](=O)[O-])C[C@@]3(C)[C@H]2CC[C@]3(O[N+](=O)[O-])C(=O)COS(C)(=O)=O)[C@@]2(C)C=CC(=O)C=C12. The number of carbonyl (C=O) groups excluding carboxylic acids is 2. The molecule has 0 heterocycles. The quantitative estimate of drug-likeness (QED) is 0.249. The van der Waals surface area contributed by atoms with E-state index in [0.717, 1.165) is 11.8 Å². The number of rotatable bonds is 8. The van der Waals surface area contributed by atoms with Gasteiger partial charge in [-0.2, -0.15) is 8.42 Å². The van der Waals surface area contributed by atoms with E-state index < -0.39 is 61.1 Å². The van der Waals surface area contributed by atoms with E-state index in [4.69, 9.17) is 9.68 Å². The van der Waals surface area contributed by atoms with Crippen molar-refractivity contribution in [3.8, 4) is 0 Å². The maximum Gasteiger partial charge on any atom is 0.295 e. The summed E-state index contributed by atoms with van der Waals surface area (Å²) in [6, 6.07) is 0. The van der Waals surface area contributed by atoms with Gasteiger partial charge in [0.05, 0.1) is 6.26 Å². The van der Waals surface area contributed by atoms with Crippen molar-refractivity contribution in [3.63, 3.8) is 0 Å². The lowest BCUT2D eigenvalue weighted by Gasteiger charge is -2.61. The minimum absolute atomic E-state index is 0.0746. The topological polar surface area (TPSA) is 182 Å². The molecule has 0 aromatic rings. The Kier molecular flexibility index (Phi) is 6.51. The molecule has 4 aliphatic rings. The molecule has 37 heavy (non-hydrogen) atoms. The third-order valence-corrected chi connectivity index (χ3v) is 9.77. The molecule has 0 aliphatic heterocycles. The minimum Gasteiger partial charge on any atom is -0.310 e. The largest absolute Gasteiger partial charge is 0.310 e. The van der Waals surface area contributed by atoms with Gasteiger partial charge in [0.15, 0.2) is 17.2 Å². The fourth-order valence-electron chi connectivity index (χ4n) is 7.97. The maximum absolute atomic E-state index is 13.4. The van der Waals surface area contributed by atoms with Crippen molar-refractivity contribution in [1.82, 2.24) is 0 Å². The van der Waals surface area contributed by atoms with Crippen LogP contribution < -0.4 is 0 Å². The molecule has 0 bridgehead atoms. The van der Waals surface area contributed by atoms with Crippen molar-refractivity contribution >= 4 is 21.7 Å². The molecule has 13 nitrogen and oxygen atoms in total. The predicted octanol–water partition coefficient (Wildman–Crippen LogP) is 2.22. The number of hydrogen-bond acceptors (Lipinski definition) is 11. The second-order valence-corrected chi connectivity index (χ2v) is 12.8. The van der Waals surface area contributed by atoms with Gasteiger partial charge in [0.25, 0.3) is 20.3 Å². The zero-order valence-electron chi connectivity index (χ0n) is 20.9. The van der Waals surface area contributed by atoms with Crippen LogP contribution in [0.2, 0.25) is 0 Å². The highest BCUT2D eigenvalue weighted by Gasteiger charge is 2.71. The molecule has 0 amide bonds. The first-order valence-corrected chi connectivity index (χ1v) is 13.8. The van der Waals surface area contributed by atoms with E-state index in [1.807, 2.05) is 13.8 Å². The van der Waals surface area contributed by atoms with Gasteiger partial charge in [-0.15, -0.1) is 20.2 Å². The average Bonchev–Trinajstić information content (AvgIpc) is 3.04. The van der Waals surface area contributed by atoms with Crippen LogP contribution >= 0.6 is 0 Å². The number of carbonyl (C=O) groups is 2. The summed E-state index contributed by atoms with van der Waals surface area (Å²) in [5.74, 6) is -2.21. The van der Waals surface area contributed by atoms with Crippen molar-refractivity contribution in [2.24, 2.45) is 34.5 Å². The Labute approximate surface area is 213 Å². The normalized spacial score (nSPS) is 40.6. The molecular weight excluding hydrogens is 512 g/mol. The van der Waals surface area contributed by atoms with Crippen molar-refractivity contribution in [1.29, 1.82) is 0 Å². The van der Waals surface area contributed by atoms with Crippen LogP contribution in [0.1, 0.15) is 46.5 Å². The molecular formula is C23H30N2O11S. The van der Waals surface area contributed by atoms with Gasteiger partial charge in [0.2, 0.25) is 0 Å². The summed E-state index contributed by atoms with van der Waals surface area (Å²) in [7, 11) is -4.03. The van der Waals surface area contributed by atoms with Crippen LogP contribution in [-0.2, 0) is 33.6 Å². The lowest BCUT2D eigenvalue weighted by molar-refractivity contribution is -0.784. The van der Waals surface area contributed by atoms with Gasteiger partial charge in [-0.1, -0.05) is 32.4 Å². The first-order valence-electron chi connectivity index (χ1n) is 12.0. The molecule has 2 unspecified atom stereocenters. The summed E-state index contributed by atoms with van der Waals surface area (Å²) >= 11 is 0. The molecule has 0 aromatic heterocycles. The van der Waals surface area contributed by atoms with Crippen LogP contribution in [0.4, 0.5) is 0 Å². The molecule has 0 saturated heterocycles. The zero-order chi connectivity index (χ0) is 27.6. The second-order valence-electron chi connectivity index (χ2n) is 11.1. The van der Waals surface area contributed by atoms with E-state index >= 15 is 0 Å². The molecule has 3 fully saturated rings. The van der Waals surface area contributed by atoms with Crippen LogP contribution in [0, 0.1) is 54.7 Å². The van der Waals surface area contributed by atoms with Crippen molar-refractivity contribution in [3.05, 3.63) is 44.0 Å². The maximum atomic E-state index is 13.4. The molecule has 0 radical (unpaired) electrons. The number of ketones is 2. The van der Waals surface area contributed by atoms with E-state index in [2.05, 4.69) is 4.18 Å². The Morgan fingerprint density at radius 3 is 2.49 bits per heavy atom. The number of hydrogen-bond donors (Lipinski definition) is 0. The summed E-state index contributed by atoms with van der Waals surface area (Å²) in [6.07, 6.45) is 5.10. The second kappa shape index (κ2) is 8.86. The first kappa shape index (κ1) is 27.2. The van der Waals surface area contributed by atoms with Crippen LogP contribution in [0.15, 0.2) is 23.8 Å². The van der Waals surface area contributed by atoms with E-state index in [1.165, 1.54) is 6.08 Å². The van der Waals surface area contributed by atoms with Crippen LogP contribution in [-0.4, -0.2) is 54.7 Å². The summed E-state index contributed by atoms with van der Waals surface area (Å²) in [4.78, 5) is 59.2. The van der Waals surface area contributed by atoms with Crippen LogP contribution in [0.5, 0.6) is 0 Å². The summed E-state index contributed by atoms with van der Waals surface area (Å²) < 4.78 is 27.8. The highest BCUT2D eigenvalue weighted by molar-refractivity contribution is 7.86. The number of allylic oxidation sites excluding steroid dienone is 4. The average molecular weight is 543 g/mol. The predicted molar refractivity (Wildman–Crippen MR) is 125 cm³/mol. The Morgan fingerprint density at radius 1 is 1.22 bits per heavy atom. The number of fused-ring (bicyclic) bond motifs is 5. The lowest BCUT2D eigenvalue weighted by Crippen LogP contribution is -2.64. The monoisotopic (exact) mass is 542 g/mol. The number of Topliss-reactive ketones (excluding diaryl/α,β-unsaturated/α-hetero) is 1. The Morgan fingerprint density at radius 2 is 1.89 bits per heavy atom. The van der Waals surface area contributed by atoms with Crippen molar-refractivity contribution in [2.45, 2.75) is 58.2 Å². The molecule has 4 rings (SSSR count). The fraction of sp³-hybridized carbons (Fsp3) is 0.739. The Balaban J connectivity index is 1.83. The van der Waals surface area contributed by atoms with E-state index in [9.17, 15) is 38.2 Å². The van der Waals surface area contributed by atoms with E-state index in [1.54, 1.807) is 19.1 Å². The molecule has 0 aromatic carbocycles. The van der Waals surface area contributed by atoms with Crippen LogP contribution in [0.3, 0.4) is 0 Å². The summed E-state index contributed by atoms with van der Waals surface area (Å²) in [6.45, 7) is 4.53. The third-order valence-electron chi connectivity index (χ3n) is 9.22. The molecule has 0 spiro atoms. The van der Waals surface area contributed by atoms with Gasteiger partial charge in [-0.25, -0.2) is 0 Å². The minimum atomic E-state index is -4.03. The fourth-order valence-corrected chi connectivity index (χ4v) is 8.30. The number of nitrogens with zero attached hydrogens (tertiary/aromatic N) is 2. The van der Waals surface area contributed by atoms with Gasteiger partial charge in [0.1, 0.15) is 12.7 Å². The lowest BCUT2D eigenvalue weighted by atomic mass is 9.44. The molecule has 14 heteroatoms. The smallest absolute Gasteiger partial charge is 0.295 e. The highest BCUT2D eigenvalue weighted by atomic mass is 32.2. The molecule has 4 aliphatic carbocycles. The Hall–Kier alpha value is -2.87. The third kappa shape index (κ3) is 4.33. The molecule has 3 saturated carbocycles.